The molecule has 0 aliphatic heterocycles. The molecule has 0 unspecified atom stereocenters. The Hall–Kier alpha value is -2.31. The van der Waals surface area contributed by atoms with Crippen molar-refractivity contribution in [1.82, 2.24) is 0 Å². The summed E-state index contributed by atoms with van der Waals surface area (Å²) >= 11 is 0. The van der Waals surface area contributed by atoms with E-state index in [-0.39, 0.29) is 30.6 Å². The minimum absolute atomic E-state index is 0.118. The zero-order chi connectivity index (χ0) is 18.6. The lowest BCUT2D eigenvalue weighted by molar-refractivity contribution is -0.141. The van der Waals surface area contributed by atoms with Crippen molar-refractivity contribution in [3.8, 4) is 0 Å². The number of carbonyl (C=O) groups is 2. The first-order valence-corrected chi connectivity index (χ1v) is 8.00. The average molecular weight is 356 g/mol. The number of halogens is 3. The molecule has 0 amide bonds. The van der Waals surface area contributed by atoms with Gasteiger partial charge in [-0.15, -0.1) is 0 Å². The standard InChI is InChI=1S/C18H19F3O4/c1-3-24-16(22)10-15(17(23)25-4-2)14-9-13(14)11-5-7-12(8-6-11)18(19,20)21/h5-8,10,13-14H,3-4,9H2,1-2H3/b15-10-/t13-,14-/m1/s1. The minimum atomic E-state index is -4.39. The lowest BCUT2D eigenvalue weighted by Gasteiger charge is -2.09. The Morgan fingerprint density at radius 1 is 1.12 bits per heavy atom. The van der Waals surface area contributed by atoms with Crippen molar-refractivity contribution in [1.29, 1.82) is 0 Å². The Kier molecular flexibility index (Phi) is 5.87. The molecule has 7 heteroatoms. The number of hydrogen-bond donors (Lipinski definition) is 0. The number of benzene rings is 1. The van der Waals surface area contributed by atoms with E-state index in [1.54, 1.807) is 13.8 Å². The summed E-state index contributed by atoms with van der Waals surface area (Å²) in [4.78, 5) is 23.7. The number of rotatable bonds is 6. The summed E-state index contributed by atoms with van der Waals surface area (Å²) in [6.45, 7) is 3.65. The fourth-order valence-corrected chi connectivity index (χ4v) is 2.67. The highest BCUT2D eigenvalue weighted by Gasteiger charge is 2.44. The van der Waals surface area contributed by atoms with Crippen molar-refractivity contribution < 1.29 is 32.2 Å². The van der Waals surface area contributed by atoms with E-state index in [4.69, 9.17) is 9.47 Å². The van der Waals surface area contributed by atoms with E-state index in [0.717, 1.165) is 18.2 Å². The van der Waals surface area contributed by atoms with Crippen LogP contribution in [-0.4, -0.2) is 25.2 Å². The molecule has 0 radical (unpaired) electrons. The Balaban J connectivity index is 2.16. The molecule has 1 aliphatic carbocycles. The maximum Gasteiger partial charge on any atom is 0.416 e. The van der Waals surface area contributed by atoms with Gasteiger partial charge in [-0.05, 0) is 49.8 Å². The third kappa shape index (κ3) is 4.84. The van der Waals surface area contributed by atoms with Gasteiger partial charge in [0.2, 0.25) is 0 Å². The Morgan fingerprint density at radius 2 is 1.72 bits per heavy atom. The van der Waals surface area contributed by atoms with Crippen LogP contribution in [0.4, 0.5) is 13.2 Å². The summed E-state index contributed by atoms with van der Waals surface area (Å²) in [7, 11) is 0. The summed E-state index contributed by atoms with van der Waals surface area (Å²) in [5, 5.41) is 0. The molecule has 2 atom stereocenters. The molecule has 1 aromatic carbocycles. The van der Waals surface area contributed by atoms with E-state index in [9.17, 15) is 22.8 Å². The molecule has 0 heterocycles. The molecule has 1 saturated carbocycles. The first kappa shape index (κ1) is 19.0. The summed E-state index contributed by atoms with van der Waals surface area (Å²) < 4.78 is 47.7. The number of esters is 2. The smallest absolute Gasteiger partial charge is 0.416 e. The molecule has 1 aromatic rings. The van der Waals surface area contributed by atoms with Crippen molar-refractivity contribution in [3.05, 3.63) is 47.0 Å². The van der Waals surface area contributed by atoms with Crippen LogP contribution in [0.15, 0.2) is 35.9 Å². The molecule has 1 aliphatic rings. The normalized spacial score (nSPS) is 20.1. The van der Waals surface area contributed by atoms with Gasteiger partial charge in [0.1, 0.15) is 0 Å². The number of hydrogen-bond acceptors (Lipinski definition) is 4. The van der Waals surface area contributed by atoms with Gasteiger partial charge in [0.15, 0.2) is 0 Å². The molecule has 4 nitrogen and oxygen atoms in total. The third-order valence-corrected chi connectivity index (χ3v) is 3.93. The van der Waals surface area contributed by atoms with Crippen molar-refractivity contribution >= 4 is 11.9 Å². The van der Waals surface area contributed by atoms with Crippen molar-refractivity contribution in [2.75, 3.05) is 13.2 Å². The van der Waals surface area contributed by atoms with Crippen LogP contribution < -0.4 is 0 Å². The van der Waals surface area contributed by atoms with E-state index in [1.165, 1.54) is 12.1 Å². The SMILES string of the molecule is CCOC(=O)/C=C(\C(=O)OCC)[C@@H]1C[C@@H]1c1ccc(C(F)(F)F)cc1. The Labute approximate surface area is 143 Å². The van der Waals surface area contributed by atoms with Gasteiger partial charge in [0.25, 0.3) is 0 Å². The maximum atomic E-state index is 12.6. The van der Waals surface area contributed by atoms with E-state index in [0.29, 0.717) is 12.0 Å². The van der Waals surface area contributed by atoms with Gasteiger partial charge in [-0.25, -0.2) is 9.59 Å². The molecule has 0 spiro atoms. The monoisotopic (exact) mass is 356 g/mol. The summed E-state index contributed by atoms with van der Waals surface area (Å²) in [5.74, 6) is -1.62. The third-order valence-electron chi connectivity index (χ3n) is 3.93. The van der Waals surface area contributed by atoms with Crippen LogP contribution in [0.3, 0.4) is 0 Å². The highest BCUT2D eigenvalue weighted by atomic mass is 19.4. The quantitative estimate of drug-likeness (QED) is 0.574. The zero-order valence-corrected chi connectivity index (χ0v) is 13.9. The second-order valence-electron chi connectivity index (χ2n) is 5.64. The number of alkyl halides is 3. The van der Waals surface area contributed by atoms with E-state index in [2.05, 4.69) is 0 Å². The summed E-state index contributed by atoms with van der Waals surface area (Å²) in [6.07, 6.45) is -2.70. The Bertz CT molecular complexity index is 662. The van der Waals surface area contributed by atoms with Crippen molar-refractivity contribution in [2.24, 2.45) is 5.92 Å². The summed E-state index contributed by atoms with van der Waals surface area (Å²) in [5.41, 5.74) is 0.170. The van der Waals surface area contributed by atoms with Gasteiger partial charge in [-0.1, -0.05) is 12.1 Å². The first-order valence-electron chi connectivity index (χ1n) is 8.00. The highest BCUT2D eigenvalue weighted by molar-refractivity contribution is 5.97. The van der Waals surface area contributed by atoms with Crippen LogP contribution in [0.25, 0.3) is 0 Å². The maximum absolute atomic E-state index is 12.6. The van der Waals surface area contributed by atoms with E-state index in [1.807, 2.05) is 0 Å². The average Bonchev–Trinajstić information content (AvgIpc) is 3.32. The van der Waals surface area contributed by atoms with Crippen molar-refractivity contribution in [2.45, 2.75) is 32.4 Å². The van der Waals surface area contributed by atoms with Crippen LogP contribution in [-0.2, 0) is 25.2 Å². The molecule has 2 rings (SSSR count). The van der Waals surface area contributed by atoms with Gasteiger partial charge >= 0.3 is 18.1 Å². The molecule has 0 bridgehead atoms. The zero-order valence-electron chi connectivity index (χ0n) is 13.9. The molecule has 1 fully saturated rings. The van der Waals surface area contributed by atoms with Crippen LogP contribution >= 0.6 is 0 Å². The molecular weight excluding hydrogens is 337 g/mol. The number of carbonyl (C=O) groups excluding carboxylic acids is 2. The van der Waals surface area contributed by atoms with Crippen LogP contribution in [0.2, 0.25) is 0 Å². The first-order chi connectivity index (χ1) is 11.8. The summed E-state index contributed by atoms with van der Waals surface area (Å²) in [6, 6.07) is 4.84. The Morgan fingerprint density at radius 3 is 2.24 bits per heavy atom. The lowest BCUT2D eigenvalue weighted by Crippen LogP contribution is -2.13. The highest BCUT2D eigenvalue weighted by Crippen LogP contribution is 2.52. The molecular formula is C18H19F3O4. The van der Waals surface area contributed by atoms with Crippen LogP contribution in [0.5, 0.6) is 0 Å². The van der Waals surface area contributed by atoms with Crippen molar-refractivity contribution in [3.63, 3.8) is 0 Å². The topological polar surface area (TPSA) is 52.6 Å². The molecule has 25 heavy (non-hydrogen) atoms. The molecule has 0 N–H and O–H groups in total. The molecule has 136 valence electrons. The predicted molar refractivity (Wildman–Crippen MR) is 83.6 cm³/mol. The van der Waals surface area contributed by atoms with Gasteiger partial charge in [0, 0.05) is 11.6 Å². The van der Waals surface area contributed by atoms with Gasteiger partial charge in [-0.3, -0.25) is 0 Å². The van der Waals surface area contributed by atoms with Gasteiger partial charge in [-0.2, -0.15) is 13.2 Å². The van der Waals surface area contributed by atoms with Crippen LogP contribution in [0, 0.1) is 5.92 Å². The largest absolute Gasteiger partial charge is 0.463 e. The second-order valence-corrected chi connectivity index (χ2v) is 5.64. The molecule has 0 saturated heterocycles. The lowest BCUT2D eigenvalue weighted by atomic mass is 10.0. The van der Waals surface area contributed by atoms with Gasteiger partial charge in [0.05, 0.1) is 18.8 Å². The van der Waals surface area contributed by atoms with E-state index >= 15 is 0 Å². The molecule has 0 aromatic heterocycles. The van der Waals surface area contributed by atoms with E-state index < -0.39 is 23.7 Å². The fourth-order valence-electron chi connectivity index (χ4n) is 2.67. The number of ether oxygens (including phenoxy) is 2. The minimum Gasteiger partial charge on any atom is -0.463 e. The predicted octanol–water partition coefficient (Wildman–Crippen LogP) is 3.86. The van der Waals surface area contributed by atoms with Crippen LogP contribution in [0.1, 0.15) is 37.3 Å². The van der Waals surface area contributed by atoms with Gasteiger partial charge < -0.3 is 9.47 Å². The second kappa shape index (κ2) is 7.72. The fraction of sp³-hybridized carbons (Fsp3) is 0.444.